The molecule has 0 radical (unpaired) electrons. The van der Waals surface area contributed by atoms with Crippen LogP contribution < -0.4 is 9.47 Å². The number of benzene rings is 3. The van der Waals surface area contributed by atoms with Gasteiger partial charge in [0, 0.05) is 31.7 Å². The van der Waals surface area contributed by atoms with E-state index in [0.717, 1.165) is 59.9 Å². The number of hydrogen-bond acceptors (Lipinski definition) is 7. The molecule has 43 heavy (non-hydrogen) atoms. The summed E-state index contributed by atoms with van der Waals surface area (Å²) in [5.41, 5.74) is 5.31. The van der Waals surface area contributed by atoms with Crippen LogP contribution in [0, 0.1) is 6.92 Å². The molecule has 2 aliphatic heterocycles. The van der Waals surface area contributed by atoms with Crippen LogP contribution >= 0.6 is 0 Å². The number of piperidine rings is 1. The van der Waals surface area contributed by atoms with Gasteiger partial charge < -0.3 is 29.0 Å². The summed E-state index contributed by atoms with van der Waals surface area (Å²) < 4.78 is 20.3. The Morgan fingerprint density at radius 3 is 2.51 bits per heavy atom. The Labute approximate surface area is 250 Å². The van der Waals surface area contributed by atoms with Crippen molar-refractivity contribution in [2.75, 3.05) is 26.8 Å². The highest BCUT2D eigenvalue weighted by molar-refractivity contribution is 5.92. The third-order valence-electron chi connectivity index (χ3n) is 8.17. The Balaban J connectivity index is 0.00000118. The van der Waals surface area contributed by atoms with Crippen molar-refractivity contribution in [3.05, 3.63) is 88.7 Å². The summed E-state index contributed by atoms with van der Waals surface area (Å²) in [5.74, 6) is 1.19. The topological polar surface area (TPSA) is 123 Å². The molecule has 2 aliphatic rings. The van der Waals surface area contributed by atoms with E-state index in [-0.39, 0.29) is 12.0 Å². The summed E-state index contributed by atoms with van der Waals surface area (Å²) in [6.45, 7) is 7.52. The normalized spacial score (nSPS) is 18.3. The number of fused-ring (bicyclic) bond motifs is 2. The monoisotopic (exact) mass is 587 g/mol. The van der Waals surface area contributed by atoms with Crippen LogP contribution in [-0.4, -0.2) is 63.9 Å². The number of hydrogen-bond donors (Lipinski definition) is 2. The molecule has 0 aliphatic carbocycles. The predicted octanol–water partition coefficient (Wildman–Crippen LogP) is 5.41. The zero-order valence-corrected chi connectivity index (χ0v) is 24.7. The van der Waals surface area contributed by atoms with Crippen molar-refractivity contribution < 1.29 is 34.0 Å². The van der Waals surface area contributed by atoms with Crippen molar-refractivity contribution in [2.24, 2.45) is 0 Å². The summed E-state index contributed by atoms with van der Waals surface area (Å²) in [4.78, 5) is 27.2. The van der Waals surface area contributed by atoms with E-state index in [1.807, 2.05) is 13.0 Å². The number of para-hydroxylation sites is 1. The molecule has 226 valence electrons. The van der Waals surface area contributed by atoms with Gasteiger partial charge in [0.05, 0.1) is 29.7 Å². The van der Waals surface area contributed by atoms with Gasteiger partial charge >= 0.3 is 5.97 Å². The lowest BCUT2D eigenvalue weighted by atomic mass is 9.88. The number of aryl methyl sites for hydroxylation is 1. The summed E-state index contributed by atoms with van der Waals surface area (Å²) >= 11 is 0. The van der Waals surface area contributed by atoms with E-state index in [2.05, 4.69) is 52.8 Å². The third kappa shape index (κ3) is 6.35. The number of aromatic carboxylic acids is 1. The van der Waals surface area contributed by atoms with E-state index in [4.69, 9.17) is 29.1 Å². The smallest absolute Gasteiger partial charge is 0.335 e. The molecule has 3 heterocycles. The zero-order valence-electron chi connectivity index (χ0n) is 24.7. The van der Waals surface area contributed by atoms with Crippen LogP contribution in [0.25, 0.3) is 11.0 Å². The first-order valence-corrected chi connectivity index (χ1v) is 14.4. The van der Waals surface area contributed by atoms with Gasteiger partial charge in [0.2, 0.25) is 0 Å². The second kappa shape index (κ2) is 12.8. The van der Waals surface area contributed by atoms with E-state index in [9.17, 15) is 9.90 Å². The maximum Gasteiger partial charge on any atom is 0.335 e. The molecule has 3 aromatic carbocycles. The summed E-state index contributed by atoms with van der Waals surface area (Å²) in [6, 6.07) is 19.7. The minimum absolute atomic E-state index is 0.250. The first kappa shape index (κ1) is 30.1. The molecular formula is C33H37N3O7. The average Bonchev–Trinajstić information content (AvgIpc) is 3.53. The summed E-state index contributed by atoms with van der Waals surface area (Å²) in [6.07, 6.45) is 2.01. The number of carboxylic acids is 1. The molecule has 10 nitrogen and oxygen atoms in total. The van der Waals surface area contributed by atoms with E-state index >= 15 is 0 Å². The fourth-order valence-corrected chi connectivity index (χ4v) is 5.90. The van der Waals surface area contributed by atoms with Crippen LogP contribution in [0.2, 0.25) is 0 Å². The summed E-state index contributed by atoms with van der Waals surface area (Å²) in [7, 11) is 1.67. The molecular weight excluding hydrogens is 550 g/mol. The van der Waals surface area contributed by atoms with Gasteiger partial charge in [0.1, 0.15) is 5.82 Å². The van der Waals surface area contributed by atoms with Crippen LogP contribution in [0.3, 0.4) is 0 Å². The number of nitrogens with zero attached hydrogens (tertiary/aromatic N) is 3. The van der Waals surface area contributed by atoms with Gasteiger partial charge in [-0.05, 0) is 63.0 Å². The molecule has 0 amide bonds. The standard InChI is InChI=1S/C32H35N3O5.CH2O2/c1-21-7-10-24(11-8-21)32(2)39-28-6-4-5-25(30(28)40-32)22-13-15-34(16-14-22)20-29-33-26-12-9-23(31(36)37)19-27(26)35(29)17-18-38-3;2-1-3/h4-12,19,22H,13-18,20H2,1-3H3,(H,36,37);1H,(H,2,3). The molecule has 1 aromatic heterocycles. The van der Waals surface area contributed by atoms with Crippen LogP contribution in [-0.2, 0) is 28.4 Å². The van der Waals surface area contributed by atoms with E-state index < -0.39 is 11.8 Å². The Morgan fingerprint density at radius 1 is 1.12 bits per heavy atom. The molecule has 1 atom stereocenters. The van der Waals surface area contributed by atoms with E-state index in [1.54, 1.807) is 25.3 Å². The van der Waals surface area contributed by atoms with Gasteiger partial charge in [-0.15, -0.1) is 0 Å². The van der Waals surface area contributed by atoms with Crippen LogP contribution in [0.4, 0.5) is 0 Å². The molecule has 0 bridgehead atoms. The molecule has 4 aromatic rings. The van der Waals surface area contributed by atoms with Gasteiger partial charge in [-0.2, -0.15) is 0 Å². The Hall–Kier alpha value is -4.41. The van der Waals surface area contributed by atoms with Crippen LogP contribution in [0.1, 0.15) is 58.6 Å². The lowest BCUT2D eigenvalue weighted by Gasteiger charge is -2.32. The van der Waals surface area contributed by atoms with Crippen LogP contribution in [0.15, 0.2) is 60.7 Å². The number of carboxylic acid groups (broad SMARTS) is 2. The second-order valence-electron chi connectivity index (χ2n) is 11.0. The molecule has 1 unspecified atom stereocenters. The van der Waals surface area contributed by atoms with Crippen molar-refractivity contribution >= 4 is 23.5 Å². The van der Waals surface area contributed by atoms with Crippen molar-refractivity contribution in [1.82, 2.24) is 14.5 Å². The predicted molar refractivity (Wildman–Crippen MR) is 161 cm³/mol. The minimum atomic E-state index is -0.939. The SMILES string of the molecule is COCCn1c(CN2CCC(c3cccc4c3OC(C)(c3ccc(C)cc3)O4)CC2)nc2ccc(C(=O)O)cc21.O=CO. The molecule has 0 spiro atoms. The minimum Gasteiger partial charge on any atom is -0.483 e. The second-order valence-corrected chi connectivity index (χ2v) is 11.0. The molecule has 10 heteroatoms. The van der Waals surface area contributed by atoms with E-state index in [0.29, 0.717) is 25.6 Å². The van der Waals surface area contributed by atoms with E-state index in [1.165, 1.54) is 11.1 Å². The maximum absolute atomic E-state index is 11.6. The molecule has 2 N–H and O–H groups in total. The Kier molecular flexibility index (Phi) is 8.98. The van der Waals surface area contributed by atoms with Crippen LogP contribution in [0.5, 0.6) is 11.5 Å². The molecule has 1 fully saturated rings. The highest BCUT2D eigenvalue weighted by atomic mass is 16.7. The number of methoxy groups -OCH3 is 1. The van der Waals surface area contributed by atoms with Crippen molar-refractivity contribution in [3.8, 4) is 11.5 Å². The first-order chi connectivity index (χ1) is 20.8. The fourth-order valence-electron chi connectivity index (χ4n) is 5.90. The maximum atomic E-state index is 11.6. The van der Waals surface area contributed by atoms with Crippen molar-refractivity contribution in [1.29, 1.82) is 0 Å². The largest absolute Gasteiger partial charge is 0.483 e. The van der Waals surface area contributed by atoms with Gasteiger partial charge in [-0.3, -0.25) is 9.69 Å². The van der Waals surface area contributed by atoms with Crippen molar-refractivity contribution in [2.45, 2.75) is 51.5 Å². The van der Waals surface area contributed by atoms with Gasteiger partial charge in [-0.25, -0.2) is 9.78 Å². The number of carbonyl (C=O) groups is 2. The lowest BCUT2D eigenvalue weighted by molar-refractivity contribution is -0.122. The number of imidazole rings is 1. The lowest BCUT2D eigenvalue weighted by Crippen LogP contribution is -2.34. The Morgan fingerprint density at radius 2 is 1.84 bits per heavy atom. The third-order valence-corrected chi connectivity index (χ3v) is 8.17. The van der Waals surface area contributed by atoms with Crippen molar-refractivity contribution in [3.63, 3.8) is 0 Å². The molecule has 0 saturated carbocycles. The highest BCUT2D eigenvalue weighted by Gasteiger charge is 2.41. The molecule has 1 saturated heterocycles. The average molecular weight is 588 g/mol. The first-order valence-electron chi connectivity index (χ1n) is 14.4. The molecule has 6 rings (SSSR count). The number of ether oxygens (including phenoxy) is 3. The number of likely N-dealkylation sites (tertiary alicyclic amines) is 1. The Bertz CT molecular complexity index is 1590. The highest BCUT2D eigenvalue weighted by Crippen LogP contribution is 2.49. The fraction of sp³-hybridized carbons (Fsp3) is 0.364. The quantitative estimate of drug-likeness (QED) is 0.260. The zero-order chi connectivity index (χ0) is 30.6. The van der Waals surface area contributed by atoms with Gasteiger partial charge in [-0.1, -0.05) is 42.0 Å². The summed E-state index contributed by atoms with van der Waals surface area (Å²) in [5, 5.41) is 16.4. The number of aromatic nitrogens is 2. The van der Waals surface area contributed by atoms with Gasteiger partial charge in [0.25, 0.3) is 12.3 Å². The van der Waals surface area contributed by atoms with Gasteiger partial charge in [0.15, 0.2) is 11.5 Å². The number of rotatable bonds is 8.